The number of halogens is 2. The smallest absolute Gasteiger partial charge is 0.132 e. The van der Waals surface area contributed by atoms with Gasteiger partial charge in [0.2, 0.25) is 0 Å². The van der Waals surface area contributed by atoms with Gasteiger partial charge in [-0.1, -0.05) is 54.1 Å². The van der Waals surface area contributed by atoms with E-state index < -0.39 is 0 Å². The predicted molar refractivity (Wildman–Crippen MR) is 125 cm³/mol. The molecule has 2 nitrogen and oxygen atoms in total. The minimum atomic E-state index is -0.186. The van der Waals surface area contributed by atoms with E-state index in [1.54, 1.807) is 6.07 Å². The molecular formula is C27H20ClFN2. The number of aromatic nitrogens is 2. The van der Waals surface area contributed by atoms with Gasteiger partial charge in [0.15, 0.2) is 0 Å². The second-order valence-corrected chi connectivity index (χ2v) is 8.48. The fourth-order valence-electron chi connectivity index (χ4n) is 4.95. The zero-order valence-corrected chi connectivity index (χ0v) is 17.6. The Morgan fingerprint density at radius 2 is 1.65 bits per heavy atom. The van der Waals surface area contributed by atoms with Gasteiger partial charge in [-0.2, -0.15) is 0 Å². The van der Waals surface area contributed by atoms with Gasteiger partial charge >= 0.3 is 0 Å². The summed E-state index contributed by atoms with van der Waals surface area (Å²) in [5.41, 5.74) is 7.67. The van der Waals surface area contributed by atoms with Crippen molar-refractivity contribution in [2.45, 2.75) is 19.5 Å². The zero-order valence-electron chi connectivity index (χ0n) is 16.9. The normalized spacial score (nSPS) is 12.7. The number of aryl methyl sites for hydroxylation is 1. The molecule has 0 spiro atoms. The number of para-hydroxylation sites is 1. The van der Waals surface area contributed by atoms with Gasteiger partial charge in [-0.3, -0.25) is 0 Å². The molecule has 0 fully saturated rings. The standard InChI is InChI=1S/C27H20ClFN2/c28-19-7-5-6-18(16-19)17-31-24-11-4-2-8-20(24)21-14-15-30-25(12-13-26(30)27(21)31)22-9-1-3-10-23(22)29/h1-13,16H,14-15,17H2. The van der Waals surface area contributed by atoms with Gasteiger partial charge in [0.1, 0.15) is 5.82 Å². The van der Waals surface area contributed by atoms with Gasteiger partial charge in [-0.05, 0) is 60.0 Å². The SMILES string of the molecule is Fc1ccccc1-c1ccc2n1CCc1c-2n(Cc2cccc(Cl)c2)c2ccccc12. The van der Waals surface area contributed by atoms with Crippen molar-refractivity contribution in [2.24, 2.45) is 0 Å². The Bertz CT molecular complexity index is 1440. The van der Waals surface area contributed by atoms with Crippen LogP contribution in [0.25, 0.3) is 33.5 Å². The van der Waals surface area contributed by atoms with Crippen LogP contribution in [0.5, 0.6) is 0 Å². The van der Waals surface area contributed by atoms with Crippen LogP contribution >= 0.6 is 11.6 Å². The molecule has 0 atom stereocenters. The summed E-state index contributed by atoms with van der Waals surface area (Å²) in [6.07, 6.45) is 0.918. The summed E-state index contributed by atoms with van der Waals surface area (Å²) >= 11 is 6.26. The first kappa shape index (κ1) is 18.5. The maximum absolute atomic E-state index is 14.6. The van der Waals surface area contributed by atoms with E-state index in [2.05, 4.69) is 45.5 Å². The van der Waals surface area contributed by atoms with Crippen LogP contribution in [0.3, 0.4) is 0 Å². The van der Waals surface area contributed by atoms with Crippen LogP contribution in [0, 0.1) is 5.82 Å². The first-order chi connectivity index (χ1) is 15.2. The molecule has 0 N–H and O–H groups in total. The van der Waals surface area contributed by atoms with Gasteiger partial charge in [0.25, 0.3) is 0 Å². The molecular weight excluding hydrogens is 407 g/mol. The highest BCUT2D eigenvalue weighted by Crippen LogP contribution is 2.41. The number of hydrogen-bond donors (Lipinski definition) is 0. The molecule has 3 heterocycles. The fourth-order valence-corrected chi connectivity index (χ4v) is 5.16. The Hall–Kier alpha value is -3.30. The molecule has 0 saturated carbocycles. The predicted octanol–water partition coefficient (Wildman–Crippen LogP) is 7.17. The number of hydrogen-bond acceptors (Lipinski definition) is 0. The number of rotatable bonds is 3. The second-order valence-electron chi connectivity index (χ2n) is 8.05. The van der Waals surface area contributed by atoms with E-state index in [0.29, 0.717) is 5.56 Å². The average Bonchev–Trinajstić information content (AvgIpc) is 3.34. The lowest BCUT2D eigenvalue weighted by Crippen LogP contribution is -2.14. The van der Waals surface area contributed by atoms with E-state index in [4.69, 9.17) is 11.6 Å². The van der Waals surface area contributed by atoms with Crippen LogP contribution in [0.4, 0.5) is 4.39 Å². The Labute approximate surface area is 185 Å². The van der Waals surface area contributed by atoms with Gasteiger partial charge in [-0.25, -0.2) is 4.39 Å². The molecule has 5 aromatic rings. The fraction of sp³-hybridized carbons (Fsp3) is 0.111. The van der Waals surface area contributed by atoms with Crippen molar-refractivity contribution in [3.63, 3.8) is 0 Å². The van der Waals surface area contributed by atoms with Crippen LogP contribution < -0.4 is 0 Å². The highest BCUT2D eigenvalue weighted by atomic mass is 35.5. The molecule has 0 bridgehead atoms. The van der Waals surface area contributed by atoms with Crippen molar-refractivity contribution in [1.29, 1.82) is 0 Å². The summed E-state index contributed by atoms with van der Waals surface area (Å²) in [6.45, 7) is 1.57. The molecule has 1 aliphatic rings. The van der Waals surface area contributed by atoms with Crippen LogP contribution in [0.2, 0.25) is 5.02 Å². The first-order valence-corrected chi connectivity index (χ1v) is 10.9. The van der Waals surface area contributed by atoms with Gasteiger partial charge in [0.05, 0.1) is 17.1 Å². The highest BCUT2D eigenvalue weighted by molar-refractivity contribution is 6.30. The van der Waals surface area contributed by atoms with Gasteiger partial charge < -0.3 is 9.13 Å². The van der Waals surface area contributed by atoms with E-state index >= 15 is 0 Å². The molecule has 31 heavy (non-hydrogen) atoms. The molecule has 4 heteroatoms. The molecule has 152 valence electrons. The van der Waals surface area contributed by atoms with E-state index in [1.807, 2.05) is 36.4 Å². The third-order valence-corrected chi connectivity index (χ3v) is 6.50. The van der Waals surface area contributed by atoms with Crippen LogP contribution in [-0.4, -0.2) is 9.13 Å². The number of nitrogens with zero attached hydrogens (tertiary/aromatic N) is 2. The highest BCUT2D eigenvalue weighted by Gasteiger charge is 2.26. The van der Waals surface area contributed by atoms with E-state index in [1.165, 1.54) is 28.2 Å². The lowest BCUT2D eigenvalue weighted by Gasteiger charge is -2.22. The third kappa shape index (κ3) is 2.92. The summed E-state index contributed by atoms with van der Waals surface area (Å²) in [5.74, 6) is -0.186. The van der Waals surface area contributed by atoms with Crippen LogP contribution in [0.1, 0.15) is 11.1 Å². The molecule has 1 aliphatic heterocycles. The summed E-state index contributed by atoms with van der Waals surface area (Å²) in [5, 5.41) is 2.03. The lowest BCUT2D eigenvalue weighted by atomic mass is 10.0. The summed E-state index contributed by atoms with van der Waals surface area (Å²) in [4.78, 5) is 0. The van der Waals surface area contributed by atoms with Crippen molar-refractivity contribution in [3.05, 3.63) is 107 Å². The Kier molecular flexibility index (Phi) is 4.25. The Morgan fingerprint density at radius 1 is 0.839 bits per heavy atom. The largest absolute Gasteiger partial charge is 0.339 e. The monoisotopic (exact) mass is 426 g/mol. The maximum atomic E-state index is 14.6. The summed E-state index contributed by atoms with van der Waals surface area (Å²) < 4.78 is 19.2. The molecule has 0 unspecified atom stereocenters. The van der Waals surface area contributed by atoms with E-state index in [-0.39, 0.29) is 5.82 Å². The number of benzene rings is 3. The van der Waals surface area contributed by atoms with Gasteiger partial charge in [-0.15, -0.1) is 0 Å². The third-order valence-electron chi connectivity index (χ3n) is 6.26. The van der Waals surface area contributed by atoms with Crippen molar-refractivity contribution in [2.75, 3.05) is 0 Å². The summed E-state index contributed by atoms with van der Waals surface area (Å²) in [6, 6.07) is 27.8. The van der Waals surface area contributed by atoms with Crippen molar-refractivity contribution in [3.8, 4) is 22.6 Å². The second kappa shape index (κ2) is 7.14. The van der Waals surface area contributed by atoms with Gasteiger partial charge in [0, 0.05) is 34.6 Å². The van der Waals surface area contributed by atoms with Crippen LogP contribution in [0.15, 0.2) is 84.9 Å². The van der Waals surface area contributed by atoms with E-state index in [0.717, 1.165) is 41.5 Å². The minimum Gasteiger partial charge on any atom is -0.339 e. The molecule has 3 aromatic carbocycles. The summed E-state index contributed by atoms with van der Waals surface area (Å²) in [7, 11) is 0. The van der Waals surface area contributed by atoms with Crippen molar-refractivity contribution in [1.82, 2.24) is 9.13 Å². The molecule has 2 aromatic heterocycles. The first-order valence-electron chi connectivity index (χ1n) is 10.5. The average molecular weight is 427 g/mol. The molecule has 0 aliphatic carbocycles. The topological polar surface area (TPSA) is 9.86 Å². The molecule has 0 saturated heterocycles. The van der Waals surface area contributed by atoms with E-state index in [9.17, 15) is 4.39 Å². The Morgan fingerprint density at radius 3 is 2.52 bits per heavy atom. The lowest BCUT2D eigenvalue weighted by molar-refractivity contribution is 0.625. The Balaban J connectivity index is 1.58. The molecule has 0 amide bonds. The minimum absolute atomic E-state index is 0.186. The molecule has 0 radical (unpaired) electrons. The quantitative estimate of drug-likeness (QED) is 0.289. The van der Waals surface area contributed by atoms with Crippen molar-refractivity contribution >= 4 is 22.5 Å². The number of fused-ring (bicyclic) bond motifs is 5. The van der Waals surface area contributed by atoms with Crippen molar-refractivity contribution < 1.29 is 4.39 Å². The zero-order chi connectivity index (χ0) is 20.9. The maximum Gasteiger partial charge on any atom is 0.132 e. The van der Waals surface area contributed by atoms with Crippen LogP contribution in [-0.2, 0) is 19.5 Å². The molecule has 6 rings (SSSR count).